The van der Waals surface area contributed by atoms with Crippen molar-refractivity contribution >= 4 is 44.5 Å². The molecule has 0 fully saturated rings. The van der Waals surface area contributed by atoms with Gasteiger partial charge in [0.25, 0.3) is 0 Å². The van der Waals surface area contributed by atoms with Gasteiger partial charge < -0.3 is 26.0 Å². The maximum atomic E-state index is 12.3. The molecule has 27 heavy (non-hydrogen) atoms. The minimum Gasteiger partial charge on any atom is -0.406 e. The maximum absolute atomic E-state index is 12.3. The van der Waals surface area contributed by atoms with Gasteiger partial charge in [-0.3, -0.25) is 15.0 Å². The number of likely N-dealkylation sites (N-methyl/N-ethyl adjacent to an activating group) is 1. The molecule has 146 valence electrons. The molecule has 5 N–H and O–H groups in total. The summed E-state index contributed by atoms with van der Waals surface area (Å²) in [5.41, 5.74) is 5.46. The Balaban J connectivity index is 1.98. The van der Waals surface area contributed by atoms with Crippen LogP contribution in [-0.2, 0) is 9.59 Å². The highest BCUT2D eigenvalue weighted by molar-refractivity contribution is 7.22. The number of aromatic nitrogens is 1. The normalized spacial score (nSPS) is 11.1. The molecule has 0 unspecified atom stereocenters. The molecule has 2 aromatic rings. The van der Waals surface area contributed by atoms with Crippen LogP contribution in [0.15, 0.2) is 18.2 Å². The first kappa shape index (κ1) is 20.2. The van der Waals surface area contributed by atoms with E-state index in [2.05, 4.69) is 20.4 Å². The molecule has 0 aliphatic carbocycles. The van der Waals surface area contributed by atoms with E-state index in [-0.39, 0.29) is 29.9 Å². The van der Waals surface area contributed by atoms with E-state index in [0.717, 1.165) is 22.3 Å². The topological polar surface area (TPSA) is 133 Å². The molecule has 0 spiro atoms. The van der Waals surface area contributed by atoms with Gasteiger partial charge in [-0.1, -0.05) is 11.3 Å². The van der Waals surface area contributed by atoms with Crippen LogP contribution in [0.1, 0.15) is 0 Å². The van der Waals surface area contributed by atoms with Crippen LogP contribution in [0.25, 0.3) is 10.2 Å². The molecule has 1 aromatic carbocycles. The van der Waals surface area contributed by atoms with E-state index in [1.54, 1.807) is 0 Å². The second-order valence-electron chi connectivity index (χ2n) is 5.26. The number of amides is 2. The molecular formula is C14H15F3N6O3S. The molecule has 2 amide bonds. The van der Waals surface area contributed by atoms with Gasteiger partial charge in [-0.2, -0.15) is 0 Å². The molecule has 2 rings (SSSR count). The van der Waals surface area contributed by atoms with Crippen molar-refractivity contribution in [1.29, 1.82) is 5.41 Å². The zero-order valence-electron chi connectivity index (χ0n) is 13.9. The molecule has 0 saturated carbocycles. The predicted octanol–water partition coefficient (Wildman–Crippen LogP) is 1.07. The number of thiazole rings is 1. The molecule has 0 aliphatic heterocycles. The van der Waals surface area contributed by atoms with Gasteiger partial charge in [0.2, 0.25) is 11.8 Å². The highest BCUT2D eigenvalue weighted by Crippen LogP contribution is 2.31. The number of ether oxygens (including phenoxy) is 1. The van der Waals surface area contributed by atoms with Gasteiger partial charge in [0.1, 0.15) is 5.75 Å². The largest absolute Gasteiger partial charge is 0.573 e. The number of fused-ring (bicyclic) bond motifs is 1. The molecule has 1 aromatic heterocycles. The monoisotopic (exact) mass is 404 g/mol. The number of hydrogen-bond acceptors (Lipinski definition) is 6. The first-order valence-corrected chi connectivity index (χ1v) is 8.13. The van der Waals surface area contributed by atoms with Crippen LogP contribution in [0, 0.1) is 5.41 Å². The van der Waals surface area contributed by atoms with Gasteiger partial charge in [0.05, 0.1) is 23.3 Å². The number of carbonyl (C=O) groups is 2. The SMILES string of the molecule is CN(CC(=O)Nc1nc2ccc(OC(F)(F)F)cc2s1)C(=O)CNC(=N)N. The predicted molar refractivity (Wildman–Crippen MR) is 92.5 cm³/mol. The van der Waals surface area contributed by atoms with Crippen LogP contribution < -0.4 is 21.1 Å². The summed E-state index contributed by atoms with van der Waals surface area (Å²) in [6, 6.07) is 3.63. The number of guanidine groups is 1. The minimum absolute atomic E-state index is 0.168. The molecule has 13 heteroatoms. The van der Waals surface area contributed by atoms with Crippen LogP contribution in [0.5, 0.6) is 5.75 Å². The Morgan fingerprint density at radius 3 is 2.74 bits per heavy atom. The van der Waals surface area contributed by atoms with Gasteiger partial charge in [0, 0.05) is 13.1 Å². The van der Waals surface area contributed by atoms with E-state index in [1.807, 2.05) is 0 Å². The first-order chi connectivity index (χ1) is 12.5. The molecular weight excluding hydrogens is 389 g/mol. The van der Waals surface area contributed by atoms with Crippen molar-refractivity contribution in [3.8, 4) is 5.75 Å². The summed E-state index contributed by atoms with van der Waals surface area (Å²) in [4.78, 5) is 28.9. The summed E-state index contributed by atoms with van der Waals surface area (Å²) < 4.78 is 41.0. The second-order valence-corrected chi connectivity index (χ2v) is 6.29. The maximum Gasteiger partial charge on any atom is 0.573 e. The van der Waals surface area contributed by atoms with Gasteiger partial charge in [-0.15, -0.1) is 13.2 Å². The fraction of sp³-hybridized carbons (Fsp3) is 0.286. The van der Waals surface area contributed by atoms with Gasteiger partial charge >= 0.3 is 6.36 Å². The van der Waals surface area contributed by atoms with E-state index in [0.29, 0.717) is 10.2 Å². The Morgan fingerprint density at radius 2 is 2.11 bits per heavy atom. The third kappa shape index (κ3) is 6.29. The fourth-order valence-electron chi connectivity index (χ4n) is 1.92. The zero-order chi connectivity index (χ0) is 20.2. The van der Waals surface area contributed by atoms with E-state index >= 15 is 0 Å². The van der Waals surface area contributed by atoms with Crippen LogP contribution in [0.3, 0.4) is 0 Å². The molecule has 0 atom stereocenters. The smallest absolute Gasteiger partial charge is 0.406 e. The number of anilines is 1. The minimum atomic E-state index is -4.80. The number of alkyl halides is 3. The molecule has 0 aliphatic rings. The lowest BCUT2D eigenvalue weighted by Crippen LogP contribution is -2.43. The number of carbonyl (C=O) groups excluding carboxylic acids is 2. The number of rotatable bonds is 6. The van der Waals surface area contributed by atoms with E-state index in [1.165, 1.54) is 19.2 Å². The summed E-state index contributed by atoms with van der Waals surface area (Å²) in [6.07, 6.45) is -4.80. The van der Waals surface area contributed by atoms with Crippen LogP contribution in [0.2, 0.25) is 0 Å². The lowest BCUT2D eigenvalue weighted by atomic mass is 10.3. The summed E-state index contributed by atoms with van der Waals surface area (Å²) in [7, 11) is 1.39. The highest BCUT2D eigenvalue weighted by Gasteiger charge is 2.31. The Kier molecular flexibility index (Phi) is 6.05. The Morgan fingerprint density at radius 1 is 1.41 bits per heavy atom. The number of halogens is 3. The van der Waals surface area contributed by atoms with E-state index < -0.39 is 18.2 Å². The lowest BCUT2D eigenvalue weighted by molar-refractivity contribution is -0.274. The van der Waals surface area contributed by atoms with Crippen molar-refractivity contribution in [3.05, 3.63) is 18.2 Å². The van der Waals surface area contributed by atoms with Gasteiger partial charge in [-0.05, 0) is 12.1 Å². The summed E-state index contributed by atoms with van der Waals surface area (Å²) in [5, 5.41) is 11.9. The number of nitrogens with one attached hydrogen (secondary N) is 3. The quantitative estimate of drug-likeness (QED) is 0.421. The molecule has 1 heterocycles. The summed E-state index contributed by atoms with van der Waals surface area (Å²) >= 11 is 0.965. The number of nitrogens with two attached hydrogens (primary N) is 1. The number of hydrogen-bond donors (Lipinski definition) is 4. The van der Waals surface area contributed by atoms with Gasteiger partial charge in [-0.25, -0.2) is 4.98 Å². The van der Waals surface area contributed by atoms with Crippen LogP contribution in [0.4, 0.5) is 18.3 Å². The van der Waals surface area contributed by atoms with E-state index in [4.69, 9.17) is 11.1 Å². The third-order valence-electron chi connectivity index (χ3n) is 3.08. The van der Waals surface area contributed by atoms with Crippen molar-refractivity contribution < 1.29 is 27.5 Å². The Bertz CT molecular complexity index is 869. The lowest BCUT2D eigenvalue weighted by Gasteiger charge is -2.16. The molecule has 0 radical (unpaired) electrons. The second kappa shape index (κ2) is 8.07. The van der Waals surface area contributed by atoms with Crippen LogP contribution in [-0.4, -0.2) is 54.2 Å². The van der Waals surface area contributed by atoms with Crippen molar-refractivity contribution in [3.63, 3.8) is 0 Å². The standard InChI is InChI=1S/C14H15F3N6O3S/c1-23(11(25)5-20-12(18)19)6-10(24)22-13-21-8-3-2-7(4-9(8)27-13)26-14(15,16)17/h2-4H,5-6H2,1H3,(H4,18,19,20)(H,21,22,24). The van der Waals surface area contributed by atoms with E-state index in [9.17, 15) is 22.8 Å². The highest BCUT2D eigenvalue weighted by atomic mass is 32.1. The van der Waals surface area contributed by atoms with Gasteiger partial charge in [0.15, 0.2) is 11.1 Å². The molecule has 0 bridgehead atoms. The van der Waals surface area contributed by atoms with Crippen LogP contribution >= 0.6 is 11.3 Å². The third-order valence-corrected chi connectivity index (χ3v) is 4.01. The average Bonchev–Trinajstić information content (AvgIpc) is 2.91. The molecule has 9 nitrogen and oxygen atoms in total. The van der Waals surface area contributed by atoms with Crippen molar-refractivity contribution in [2.75, 3.05) is 25.5 Å². The fourth-order valence-corrected chi connectivity index (χ4v) is 2.83. The Hall–Kier alpha value is -3.09. The average molecular weight is 404 g/mol. The number of benzene rings is 1. The van der Waals surface area contributed by atoms with Crippen molar-refractivity contribution in [2.45, 2.75) is 6.36 Å². The molecule has 0 saturated heterocycles. The van der Waals surface area contributed by atoms with Crippen molar-refractivity contribution in [1.82, 2.24) is 15.2 Å². The van der Waals surface area contributed by atoms with Crippen molar-refractivity contribution in [2.24, 2.45) is 5.73 Å². The zero-order valence-corrected chi connectivity index (χ0v) is 14.7. The number of nitrogens with zero attached hydrogens (tertiary/aromatic N) is 2. The summed E-state index contributed by atoms with van der Waals surface area (Å²) in [5.74, 6) is -1.76. The first-order valence-electron chi connectivity index (χ1n) is 7.31. The summed E-state index contributed by atoms with van der Waals surface area (Å²) in [6.45, 7) is -0.515. The Labute approximate surface area is 154 Å².